The van der Waals surface area contributed by atoms with E-state index in [1.165, 1.54) is 0 Å². The van der Waals surface area contributed by atoms with Crippen LogP contribution in [0.15, 0.2) is 18.2 Å². The van der Waals surface area contributed by atoms with Gasteiger partial charge in [0.15, 0.2) is 0 Å². The van der Waals surface area contributed by atoms with E-state index in [-0.39, 0.29) is 6.61 Å². The van der Waals surface area contributed by atoms with Crippen LogP contribution in [0.1, 0.15) is 12.5 Å². The van der Waals surface area contributed by atoms with E-state index in [1.807, 2.05) is 18.2 Å². The van der Waals surface area contributed by atoms with Crippen molar-refractivity contribution in [2.75, 3.05) is 26.9 Å². The van der Waals surface area contributed by atoms with Crippen LogP contribution in [-0.2, 0) is 6.54 Å². The van der Waals surface area contributed by atoms with Crippen molar-refractivity contribution in [1.29, 1.82) is 0 Å². The van der Waals surface area contributed by atoms with Crippen molar-refractivity contribution in [3.63, 3.8) is 0 Å². The second-order valence-corrected chi connectivity index (χ2v) is 3.33. The molecule has 0 unspecified atom stereocenters. The van der Waals surface area contributed by atoms with E-state index >= 15 is 0 Å². The van der Waals surface area contributed by atoms with Gasteiger partial charge in [0, 0.05) is 12.1 Å². The highest BCUT2D eigenvalue weighted by atomic mass is 16.5. The van der Waals surface area contributed by atoms with Crippen LogP contribution in [0.3, 0.4) is 0 Å². The van der Waals surface area contributed by atoms with Crippen molar-refractivity contribution >= 4 is 0 Å². The van der Waals surface area contributed by atoms with Crippen molar-refractivity contribution in [1.82, 2.24) is 5.32 Å². The van der Waals surface area contributed by atoms with Gasteiger partial charge in [-0.2, -0.15) is 0 Å². The Morgan fingerprint density at radius 1 is 1.38 bits per heavy atom. The minimum atomic E-state index is 0.0205. The predicted molar refractivity (Wildman–Crippen MR) is 63.0 cm³/mol. The van der Waals surface area contributed by atoms with Crippen LogP contribution in [0.5, 0.6) is 11.5 Å². The summed E-state index contributed by atoms with van der Waals surface area (Å²) in [6.45, 7) is 4.01. The van der Waals surface area contributed by atoms with E-state index in [0.29, 0.717) is 6.61 Å². The molecule has 0 aliphatic rings. The zero-order valence-corrected chi connectivity index (χ0v) is 9.82. The first kappa shape index (κ1) is 12.8. The Morgan fingerprint density at radius 3 is 2.81 bits per heavy atom. The second kappa shape index (κ2) is 7.09. The van der Waals surface area contributed by atoms with Crippen molar-refractivity contribution < 1.29 is 14.6 Å². The van der Waals surface area contributed by atoms with Gasteiger partial charge in [0.25, 0.3) is 0 Å². The summed E-state index contributed by atoms with van der Waals surface area (Å²) in [5, 5.41) is 12.0. The van der Waals surface area contributed by atoms with Gasteiger partial charge in [0.1, 0.15) is 18.1 Å². The number of rotatable bonds is 7. The van der Waals surface area contributed by atoms with Crippen molar-refractivity contribution in [2.24, 2.45) is 0 Å². The minimum Gasteiger partial charge on any atom is -0.497 e. The smallest absolute Gasteiger partial charge is 0.124 e. The van der Waals surface area contributed by atoms with E-state index in [4.69, 9.17) is 14.6 Å². The summed E-state index contributed by atoms with van der Waals surface area (Å²) < 4.78 is 10.6. The summed E-state index contributed by atoms with van der Waals surface area (Å²) in [5.74, 6) is 1.60. The van der Waals surface area contributed by atoms with Gasteiger partial charge in [-0.15, -0.1) is 0 Å². The lowest BCUT2D eigenvalue weighted by Crippen LogP contribution is -2.13. The fraction of sp³-hybridized carbons (Fsp3) is 0.500. The first-order chi connectivity index (χ1) is 7.81. The van der Waals surface area contributed by atoms with Gasteiger partial charge >= 0.3 is 0 Å². The summed E-state index contributed by atoms with van der Waals surface area (Å²) in [4.78, 5) is 0. The maximum atomic E-state index is 8.73. The molecule has 1 aromatic rings. The fourth-order valence-corrected chi connectivity index (χ4v) is 1.38. The summed E-state index contributed by atoms with van der Waals surface area (Å²) in [5.41, 5.74) is 1.04. The van der Waals surface area contributed by atoms with Crippen LogP contribution in [-0.4, -0.2) is 32.0 Å². The maximum Gasteiger partial charge on any atom is 0.124 e. The van der Waals surface area contributed by atoms with Crippen molar-refractivity contribution in [3.8, 4) is 11.5 Å². The molecule has 0 aliphatic carbocycles. The third-order valence-corrected chi connectivity index (χ3v) is 2.18. The first-order valence-electron chi connectivity index (χ1n) is 5.43. The van der Waals surface area contributed by atoms with Gasteiger partial charge in [-0.3, -0.25) is 0 Å². The van der Waals surface area contributed by atoms with Crippen LogP contribution in [0.25, 0.3) is 0 Å². The maximum absolute atomic E-state index is 8.73. The Balaban J connectivity index is 2.78. The molecule has 2 N–H and O–H groups in total. The summed E-state index contributed by atoms with van der Waals surface area (Å²) in [6, 6.07) is 5.65. The molecular formula is C12H19NO3. The Bertz CT molecular complexity index is 315. The summed E-state index contributed by atoms with van der Waals surface area (Å²) in [7, 11) is 1.64. The Labute approximate surface area is 96.2 Å². The fourth-order valence-electron chi connectivity index (χ4n) is 1.38. The van der Waals surface area contributed by atoms with Gasteiger partial charge in [-0.1, -0.05) is 6.92 Å². The molecule has 16 heavy (non-hydrogen) atoms. The largest absolute Gasteiger partial charge is 0.497 e. The number of nitrogens with one attached hydrogen (secondary N) is 1. The third kappa shape index (κ3) is 3.72. The Morgan fingerprint density at radius 2 is 2.19 bits per heavy atom. The van der Waals surface area contributed by atoms with Crippen LogP contribution < -0.4 is 14.8 Å². The number of aliphatic hydroxyl groups excluding tert-OH is 1. The average molecular weight is 225 g/mol. The number of ether oxygens (including phenoxy) is 2. The quantitative estimate of drug-likeness (QED) is 0.731. The lowest BCUT2D eigenvalue weighted by molar-refractivity contribution is 0.200. The molecule has 0 spiro atoms. The molecule has 4 nitrogen and oxygen atoms in total. The summed E-state index contributed by atoms with van der Waals surface area (Å²) in [6.07, 6.45) is 0. The highest BCUT2D eigenvalue weighted by Gasteiger charge is 2.05. The first-order valence-corrected chi connectivity index (χ1v) is 5.43. The number of benzene rings is 1. The highest BCUT2D eigenvalue weighted by Crippen LogP contribution is 2.24. The highest BCUT2D eigenvalue weighted by molar-refractivity contribution is 5.40. The van der Waals surface area contributed by atoms with Gasteiger partial charge in [-0.05, 0) is 24.7 Å². The standard InChI is InChI=1S/C12H19NO3/c1-3-13-9-10-8-11(15-2)4-5-12(10)16-7-6-14/h4-5,8,13-14H,3,6-7,9H2,1-2H3. The normalized spacial score (nSPS) is 10.2. The van der Waals surface area contributed by atoms with Gasteiger partial charge in [0.05, 0.1) is 13.7 Å². The Kier molecular flexibility index (Phi) is 5.67. The van der Waals surface area contributed by atoms with E-state index < -0.39 is 0 Å². The molecule has 0 fully saturated rings. The lowest BCUT2D eigenvalue weighted by atomic mass is 10.2. The van der Waals surface area contributed by atoms with Crippen molar-refractivity contribution in [2.45, 2.75) is 13.5 Å². The monoisotopic (exact) mass is 225 g/mol. The molecule has 0 aliphatic heterocycles. The molecular weight excluding hydrogens is 206 g/mol. The van der Waals surface area contributed by atoms with E-state index in [1.54, 1.807) is 7.11 Å². The second-order valence-electron chi connectivity index (χ2n) is 3.33. The van der Waals surface area contributed by atoms with E-state index in [9.17, 15) is 0 Å². The van der Waals surface area contributed by atoms with Gasteiger partial charge < -0.3 is 19.9 Å². The average Bonchev–Trinajstić information content (AvgIpc) is 2.34. The molecule has 0 heterocycles. The van der Waals surface area contributed by atoms with Crippen LogP contribution in [0.4, 0.5) is 0 Å². The van der Waals surface area contributed by atoms with Crippen molar-refractivity contribution in [3.05, 3.63) is 23.8 Å². The zero-order chi connectivity index (χ0) is 11.8. The molecule has 0 atom stereocenters. The van der Waals surface area contributed by atoms with Crippen LogP contribution in [0, 0.1) is 0 Å². The Hall–Kier alpha value is -1.26. The molecule has 0 aromatic heterocycles. The topological polar surface area (TPSA) is 50.7 Å². The van der Waals surface area contributed by atoms with Gasteiger partial charge in [-0.25, -0.2) is 0 Å². The molecule has 0 saturated carbocycles. The van der Waals surface area contributed by atoms with E-state index in [2.05, 4.69) is 12.2 Å². The molecule has 0 amide bonds. The van der Waals surface area contributed by atoms with Gasteiger partial charge in [0.2, 0.25) is 0 Å². The number of hydrogen-bond donors (Lipinski definition) is 2. The number of methoxy groups -OCH3 is 1. The molecule has 0 saturated heterocycles. The predicted octanol–water partition coefficient (Wildman–Crippen LogP) is 1.18. The molecule has 0 bridgehead atoms. The third-order valence-electron chi connectivity index (χ3n) is 2.18. The number of hydrogen-bond acceptors (Lipinski definition) is 4. The molecule has 90 valence electrons. The van der Waals surface area contributed by atoms with Crippen LogP contribution in [0.2, 0.25) is 0 Å². The van der Waals surface area contributed by atoms with Crippen LogP contribution >= 0.6 is 0 Å². The van der Waals surface area contributed by atoms with E-state index in [0.717, 1.165) is 30.2 Å². The minimum absolute atomic E-state index is 0.0205. The molecule has 4 heteroatoms. The molecule has 1 aromatic carbocycles. The SMILES string of the molecule is CCNCc1cc(OC)ccc1OCCO. The lowest BCUT2D eigenvalue weighted by Gasteiger charge is -2.12. The number of aliphatic hydroxyl groups is 1. The zero-order valence-electron chi connectivity index (χ0n) is 9.82. The summed E-state index contributed by atoms with van der Waals surface area (Å²) >= 11 is 0. The molecule has 1 rings (SSSR count). The molecule has 0 radical (unpaired) electrons.